The van der Waals surface area contributed by atoms with Crippen LogP contribution in [0.3, 0.4) is 0 Å². The zero-order valence-corrected chi connectivity index (χ0v) is 13.7. The fraction of sp³-hybridized carbons (Fsp3) is 0.667. The highest BCUT2D eigenvalue weighted by Gasteiger charge is 2.25. The molecule has 6 heteroatoms. The van der Waals surface area contributed by atoms with Crippen molar-refractivity contribution in [2.75, 3.05) is 39.3 Å². The van der Waals surface area contributed by atoms with Gasteiger partial charge in [0.1, 0.15) is 4.34 Å². The molecule has 0 aromatic carbocycles. The number of halogens is 2. The summed E-state index contributed by atoms with van der Waals surface area (Å²) in [6, 6.07) is 2.41. The first-order valence-corrected chi connectivity index (χ1v) is 8.25. The van der Waals surface area contributed by atoms with Crippen LogP contribution in [0.25, 0.3) is 0 Å². The van der Waals surface area contributed by atoms with Gasteiger partial charge in [-0.25, -0.2) is 0 Å². The Hall–Kier alpha value is 0.350. The quantitative estimate of drug-likeness (QED) is 0.904. The SMILES string of the molecule is CCN1CCN(C(CN)c2cc(Br)c(Cl)s2)CC1. The zero-order chi connectivity index (χ0) is 13.1. The third-order valence-electron chi connectivity index (χ3n) is 3.51. The summed E-state index contributed by atoms with van der Waals surface area (Å²) >= 11 is 11.2. The molecule has 1 aromatic heterocycles. The van der Waals surface area contributed by atoms with Crippen molar-refractivity contribution < 1.29 is 0 Å². The predicted molar refractivity (Wildman–Crippen MR) is 82.5 cm³/mol. The molecular formula is C12H19BrClN3S. The molecule has 0 bridgehead atoms. The van der Waals surface area contributed by atoms with Crippen LogP contribution in [-0.2, 0) is 0 Å². The second kappa shape index (κ2) is 6.68. The average molecular weight is 353 g/mol. The molecule has 1 fully saturated rings. The van der Waals surface area contributed by atoms with Gasteiger partial charge in [0.25, 0.3) is 0 Å². The Bertz CT molecular complexity index is 371. The molecule has 102 valence electrons. The molecular weight excluding hydrogens is 334 g/mol. The third-order valence-corrected chi connectivity index (χ3v) is 6.09. The normalized spacial score (nSPS) is 20.2. The van der Waals surface area contributed by atoms with Crippen LogP contribution in [-0.4, -0.2) is 49.1 Å². The Balaban J connectivity index is 2.05. The minimum Gasteiger partial charge on any atom is -0.329 e. The molecule has 0 amide bonds. The van der Waals surface area contributed by atoms with Crippen LogP contribution in [0.5, 0.6) is 0 Å². The van der Waals surface area contributed by atoms with Crippen molar-refractivity contribution in [3.63, 3.8) is 0 Å². The molecule has 1 saturated heterocycles. The van der Waals surface area contributed by atoms with E-state index in [1.54, 1.807) is 11.3 Å². The van der Waals surface area contributed by atoms with Crippen LogP contribution in [0.15, 0.2) is 10.5 Å². The molecule has 2 rings (SSSR count). The van der Waals surface area contributed by atoms with Gasteiger partial charge in [-0.05, 0) is 28.5 Å². The maximum Gasteiger partial charge on any atom is 0.107 e. The Morgan fingerprint density at radius 3 is 2.56 bits per heavy atom. The maximum atomic E-state index is 6.12. The summed E-state index contributed by atoms with van der Waals surface area (Å²) in [7, 11) is 0. The molecule has 18 heavy (non-hydrogen) atoms. The average Bonchev–Trinajstić information content (AvgIpc) is 2.71. The molecule has 1 aromatic rings. The van der Waals surface area contributed by atoms with Gasteiger partial charge in [0, 0.05) is 42.1 Å². The van der Waals surface area contributed by atoms with E-state index in [0.29, 0.717) is 12.6 Å². The number of hydrogen-bond acceptors (Lipinski definition) is 4. The van der Waals surface area contributed by atoms with Gasteiger partial charge in [-0.2, -0.15) is 0 Å². The van der Waals surface area contributed by atoms with Gasteiger partial charge in [-0.3, -0.25) is 4.90 Å². The van der Waals surface area contributed by atoms with E-state index in [-0.39, 0.29) is 0 Å². The molecule has 1 atom stereocenters. The highest BCUT2D eigenvalue weighted by molar-refractivity contribution is 9.10. The molecule has 0 spiro atoms. The number of nitrogens with two attached hydrogens (primary N) is 1. The van der Waals surface area contributed by atoms with Gasteiger partial charge in [-0.1, -0.05) is 18.5 Å². The number of hydrogen-bond donors (Lipinski definition) is 1. The predicted octanol–water partition coefficient (Wildman–Crippen LogP) is 2.80. The van der Waals surface area contributed by atoms with E-state index in [4.69, 9.17) is 17.3 Å². The van der Waals surface area contributed by atoms with Crippen molar-refractivity contribution in [1.29, 1.82) is 0 Å². The van der Waals surface area contributed by atoms with Crippen LogP contribution >= 0.6 is 38.9 Å². The highest BCUT2D eigenvalue weighted by Crippen LogP contribution is 2.37. The molecule has 1 aliphatic heterocycles. The highest BCUT2D eigenvalue weighted by atomic mass is 79.9. The monoisotopic (exact) mass is 351 g/mol. The summed E-state index contributed by atoms with van der Waals surface area (Å²) in [5.41, 5.74) is 5.96. The smallest absolute Gasteiger partial charge is 0.107 e. The summed E-state index contributed by atoms with van der Waals surface area (Å²) in [6.07, 6.45) is 0. The first-order chi connectivity index (χ1) is 8.65. The molecule has 0 aliphatic carbocycles. The Morgan fingerprint density at radius 1 is 1.44 bits per heavy atom. The van der Waals surface area contributed by atoms with Crippen LogP contribution in [0.1, 0.15) is 17.8 Å². The van der Waals surface area contributed by atoms with Crippen LogP contribution < -0.4 is 5.73 Å². The lowest BCUT2D eigenvalue weighted by atomic mass is 10.1. The van der Waals surface area contributed by atoms with Crippen LogP contribution in [0.2, 0.25) is 4.34 Å². The second-order valence-corrected chi connectivity index (χ2v) is 7.03. The molecule has 0 radical (unpaired) electrons. The first-order valence-electron chi connectivity index (χ1n) is 6.27. The summed E-state index contributed by atoms with van der Waals surface area (Å²) < 4.78 is 1.80. The number of thiophene rings is 1. The summed E-state index contributed by atoms with van der Waals surface area (Å²) in [5.74, 6) is 0. The minimum absolute atomic E-state index is 0.304. The van der Waals surface area contributed by atoms with E-state index in [2.05, 4.69) is 38.7 Å². The first kappa shape index (κ1) is 14.8. The second-order valence-electron chi connectivity index (χ2n) is 4.49. The molecule has 0 saturated carbocycles. The summed E-state index contributed by atoms with van der Waals surface area (Å²) in [4.78, 5) is 6.21. The Kier molecular flexibility index (Phi) is 5.47. The van der Waals surface area contributed by atoms with Gasteiger partial charge in [0.2, 0.25) is 0 Å². The van der Waals surface area contributed by atoms with Crippen molar-refractivity contribution in [2.45, 2.75) is 13.0 Å². The van der Waals surface area contributed by atoms with Crippen LogP contribution in [0, 0.1) is 0 Å². The Morgan fingerprint density at radius 2 is 2.11 bits per heavy atom. The Labute approximate surface area is 126 Å². The van der Waals surface area contributed by atoms with Crippen molar-refractivity contribution in [1.82, 2.24) is 9.80 Å². The van der Waals surface area contributed by atoms with E-state index in [1.165, 1.54) is 4.88 Å². The van der Waals surface area contributed by atoms with Gasteiger partial charge in [0.15, 0.2) is 0 Å². The van der Waals surface area contributed by atoms with Gasteiger partial charge in [-0.15, -0.1) is 11.3 Å². The van der Waals surface area contributed by atoms with Gasteiger partial charge < -0.3 is 10.6 Å². The lowest BCUT2D eigenvalue weighted by Crippen LogP contribution is -2.48. The van der Waals surface area contributed by atoms with Crippen molar-refractivity contribution in [2.24, 2.45) is 5.73 Å². The van der Waals surface area contributed by atoms with E-state index in [9.17, 15) is 0 Å². The number of rotatable bonds is 4. The van der Waals surface area contributed by atoms with Gasteiger partial charge in [0.05, 0.1) is 6.04 Å². The number of nitrogens with zero attached hydrogens (tertiary/aromatic N) is 2. The summed E-state index contributed by atoms with van der Waals surface area (Å²) in [6.45, 7) is 8.44. The van der Waals surface area contributed by atoms with Crippen molar-refractivity contribution in [3.8, 4) is 0 Å². The number of piperazine rings is 1. The van der Waals surface area contributed by atoms with Crippen molar-refractivity contribution in [3.05, 3.63) is 19.8 Å². The lowest BCUT2D eigenvalue weighted by molar-refractivity contribution is 0.103. The van der Waals surface area contributed by atoms with Gasteiger partial charge >= 0.3 is 0 Å². The van der Waals surface area contributed by atoms with Crippen molar-refractivity contribution >= 4 is 38.9 Å². The van der Waals surface area contributed by atoms with E-state index >= 15 is 0 Å². The minimum atomic E-state index is 0.304. The summed E-state index contributed by atoms with van der Waals surface area (Å²) in [5, 5.41) is 0. The van der Waals surface area contributed by atoms with E-state index in [1.807, 2.05) is 0 Å². The topological polar surface area (TPSA) is 32.5 Å². The molecule has 1 unspecified atom stereocenters. The fourth-order valence-corrected chi connectivity index (χ4v) is 4.25. The van der Waals surface area contributed by atoms with Crippen LogP contribution in [0.4, 0.5) is 0 Å². The molecule has 1 aliphatic rings. The van der Waals surface area contributed by atoms with E-state index in [0.717, 1.165) is 41.5 Å². The zero-order valence-electron chi connectivity index (χ0n) is 10.5. The van der Waals surface area contributed by atoms with E-state index < -0.39 is 0 Å². The molecule has 2 N–H and O–H groups in total. The largest absolute Gasteiger partial charge is 0.329 e. The number of likely N-dealkylation sites (N-methyl/N-ethyl adjacent to an activating group) is 1. The fourth-order valence-electron chi connectivity index (χ4n) is 2.36. The lowest BCUT2D eigenvalue weighted by Gasteiger charge is -2.38. The molecule has 2 heterocycles. The molecule has 3 nitrogen and oxygen atoms in total. The third kappa shape index (κ3) is 3.26. The maximum absolute atomic E-state index is 6.12. The standard InChI is InChI=1S/C12H19BrClN3S/c1-2-16-3-5-17(6-4-16)10(8-15)11-7-9(13)12(14)18-11/h7,10H,2-6,8,15H2,1H3.